The third-order valence-corrected chi connectivity index (χ3v) is 3.56. The van der Waals surface area contributed by atoms with Gasteiger partial charge in [-0.05, 0) is 46.8 Å². The molecular weight excluding hydrogens is 230 g/mol. The molecular formula is C13H27N3O2. The number of ether oxygens (including phenoxy) is 1. The maximum Gasteiger partial charge on any atom is 0.322 e. The first-order valence-electron chi connectivity index (χ1n) is 6.85. The van der Waals surface area contributed by atoms with Crippen LogP contribution in [0.2, 0.25) is 0 Å². The first-order chi connectivity index (χ1) is 8.54. The van der Waals surface area contributed by atoms with Crippen LogP contribution < -0.4 is 5.73 Å². The summed E-state index contributed by atoms with van der Waals surface area (Å²) in [6.07, 6.45) is 3.16. The van der Waals surface area contributed by atoms with Crippen LogP contribution in [0.3, 0.4) is 0 Å². The van der Waals surface area contributed by atoms with E-state index in [-0.39, 0.29) is 5.97 Å². The van der Waals surface area contributed by atoms with Gasteiger partial charge in [0.25, 0.3) is 0 Å². The highest BCUT2D eigenvalue weighted by molar-refractivity contribution is 5.75. The largest absolute Gasteiger partial charge is 0.465 e. The van der Waals surface area contributed by atoms with E-state index in [9.17, 15) is 4.79 Å². The van der Waals surface area contributed by atoms with Crippen molar-refractivity contribution >= 4 is 5.97 Å². The Morgan fingerprint density at radius 3 is 2.89 bits per heavy atom. The number of esters is 1. The quantitative estimate of drug-likeness (QED) is 0.693. The van der Waals surface area contributed by atoms with Gasteiger partial charge in [0.2, 0.25) is 0 Å². The fourth-order valence-electron chi connectivity index (χ4n) is 2.34. The van der Waals surface area contributed by atoms with Gasteiger partial charge < -0.3 is 20.3 Å². The molecule has 2 atom stereocenters. The molecule has 18 heavy (non-hydrogen) atoms. The van der Waals surface area contributed by atoms with E-state index in [2.05, 4.69) is 23.9 Å². The number of hydrogen-bond acceptors (Lipinski definition) is 5. The molecule has 1 aliphatic rings. The van der Waals surface area contributed by atoms with Crippen LogP contribution in [0.4, 0.5) is 0 Å². The summed E-state index contributed by atoms with van der Waals surface area (Å²) in [6, 6.07) is 0.141. The van der Waals surface area contributed by atoms with Gasteiger partial charge in [0.05, 0.1) is 6.61 Å². The summed E-state index contributed by atoms with van der Waals surface area (Å²) in [5.74, 6) is -0.279. The standard InChI is InChI=1S/C13H27N3O2/c1-4-18-13(17)12(14)7-9-16-8-5-6-11(10-16)15(2)3/h11-12H,4-10,14H2,1-3H3. The van der Waals surface area contributed by atoms with Crippen molar-refractivity contribution in [2.24, 2.45) is 5.73 Å². The van der Waals surface area contributed by atoms with Crippen LogP contribution in [0, 0.1) is 0 Å². The molecule has 2 N–H and O–H groups in total. The van der Waals surface area contributed by atoms with Crippen LogP contribution >= 0.6 is 0 Å². The van der Waals surface area contributed by atoms with Crippen LogP contribution in [0.25, 0.3) is 0 Å². The number of carbonyl (C=O) groups is 1. The lowest BCUT2D eigenvalue weighted by Gasteiger charge is -2.36. The Labute approximate surface area is 110 Å². The predicted octanol–water partition coefficient (Wildman–Crippen LogP) is 0.293. The molecule has 0 bridgehead atoms. The number of hydrogen-bond donors (Lipinski definition) is 1. The third-order valence-electron chi connectivity index (χ3n) is 3.56. The van der Waals surface area contributed by atoms with Crippen molar-refractivity contribution in [2.45, 2.75) is 38.3 Å². The van der Waals surface area contributed by atoms with Gasteiger partial charge in [0, 0.05) is 19.1 Å². The molecule has 0 aromatic carbocycles. The summed E-state index contributed by atoms with van der Waals surface area (Å²) >= 11 is 0. The predicted molar refractivity (Wildman–Crippen MR) is 72.4 cm³/mol. The number of likely N-dealkylation sites (tertiary alicyclic amines) is 1. The van der Waals surface area contributed by atoms with Gasteiger partial charge in [0.15, 0.2) is 0 Å². The molecule has 0 radical (unpaired) electrons. The number of carbonyl (C=O) groups excluding carboxylic acids is 1. The van der Waals surface area contributed by atoms with E-state index in [0.717, 1.165) is 19.6 Å². The van der Waals surface area contributed by atoms with Crippen molar-refractivity contribution < 1.29 is 9.53 Å². The second-order valence-corrected chi connectivity index (χ2v) is 5.21. The lowest BCUT2D eigenvalue weighted by Crippen LogP contribution is -2.46. The molecule has 0 saturated carbocycles. The Kier molecular flexibility index (Phi) is 6.60. The van der Waals surface area contributed by atoms with Gasteiger partial charge in [-0.3, -0.25) is 4.79 Å². The molecule has 2 unspecified atom stereocenters. The zero-order valence-corrected chi connectivity index (χ0v) is 11.9. The minimum absolute atomic E-state index is 0.279. The van der Waals surface area contributed by atoms with Crippen LogP contribution in [0.5, 0.6) is 0 Å². The minimum Gasteiger partial charge on any atom is -0.465 e. The van der Waals surface area contributed by atoms with Crippen molar-refractivity contribution in [3.63, 3.8) is 0 Å². The number of nitrogens with two attached hydrogens (primary N) is 1. The minimum atomic E-state index is -0.482. The van der Waals surface area contributed by atoms with Crippen LogP contribution in [0.1, 0.15) is 26.2 Å². The van der Waals surface area contributed by atoms with Gasteiger partial charge in [0.1, 0.15) is 6.04 Å². The molecule has 0 amide bonds. The molecule has 0 aromatic heterocycles. The van der Waals surface area contributed by atoms with Crippen LogP contribution in [-0.4, -0.2) is 68.2 Å². The lowest BCUT2D eigenvalue weighted by molar-refractivity contribution is -0.144. The van der Waals surface area contributed by atoms with Gasteiger partial charge in [-0.2, -0.15) is 0 Å². The highest BCUT2D eigenvalue weighted by Gasteiger charge is 2.22. The SMILES string of the molecule is CCOC(=O)C(N)CCN1CCCC(N(C)C)C1. The van der Waals surface area contributed by atoms with Gasteiger partial charge in [-0.1, -0.05) is 0 Å². The molecule has 0 aliphatic carbocycles. The molecule has 1 saturated heterocycles. The highest BCUT2D eigenvalue weighted by Crippen LogP contribution is 2.14. The van der Waals surface area contributed by atoms with Crippen molar-refractivity contribution in [3.05, 3.63) is 0 Å². The molecule has 1 aliphatic heterocycles. The Hall–Kier alpha value is -0.650. The van der Waals surface area contributed by atoms with E-state index in [1.807, 2.05) is 0 Å². The van der Waals surface area contributed by atoms with Gasteiger partial charge in [-0.25, -0.2) is 0 Å². The lowest BCUT2D eigenvalue weighted by atomic mass is 10.0. The number of piperidine rings is 1. The van der Waals surface area contributed by atoms with E-state index >= 15 is 0 Å². The van der Waals surface area contributed by atoms with Crippen molar-refractivity contribution in [1.29, 1.82) is 0 Å². The molecule has 1 rings (SSSR count). The molecule has 0 aromatic rings. The monoisotopic (exact) mass is 257 g/mol. The van der Waals surface area contributed by atoms with E-state index in [1.165, 1.54) is 12.8 Å². The average molecular weight is 257 g/mol. The molecule has 5 nitrogen and oxygen atoms in total. The summed E-state index contributed by atoms with van der Waals surface area (Å²) in [4.78, 5) is 16.1. The number of likely N-dealkylation sites (N-methyl/N-ethyl adjacent to an activating group) is 1. The van der Waals surface area contributed by atoms with Crippen molar-refractivity contribution in [3.8, 4) is 0 Å². The fourth-order valence-corrected chi connectivity index (χ4v) is 2.34. The van der Waals surface area contributed by atoms with Crippen LogP contribution in [0.15, 0.2) is 0 Å². The van der Waals surface area contributed by atoms with Crippen molar-refractivity contribution in [2.75, 3.05) is 40.3 Å². The third kappa shape index (κ3) is 4.92. The van der Waals surface area contributed by atoms with E-state index < -0.39 is 6.04 Å². The van der Waals surface area contributed by atoms with Gasteiger partial charge >= 0.3 is 5.97 Å². The second kappa shape index (κ2) is 7.71. The molecule has 1 heterocycles. The number of rotatable bonds is 6. The van der Waals surface area contributed by atoms with E-state index in [1.54, 1.807) is 6.92 Å². The summed E-state index contributed by atoms with van der Waals surface area (Å²) < 4.78 is 4.91. The smallest absolute Gasteiger partial charge is 0.322 e. The maximum atomic E-state index is 11.4. The molecule has 106 valence electrons. The maximum absolute atomic E-state index is 11.4. The molecule has 5 heteroatoms. The normalized spacial score (nSPS) is 23.1. The number of nitrogens with zero attached hydrogens (tertiary/aromatic N) is 2. The first-order valence-corrected chi connectivity index (χ1v) is 6.85. The van der Waals surface area contributed by atoms with E-state index in [4.69, 9.17) is 10.5 Å². The molecule has 0 spiro atoms. The topological polar surface area (TPSA) is 58.8 Å². The Morgan fingerprint density at radius 2 is 2.28 bits per heavy atom. The highest BCUT2D eigenvalue weighted by atomic mass is 16.5. The van der Waals surface area contributed by atoms with Crippen LogP contribution in [-0.2, 0) is 9.53 Å². The Balaban J connectivity index is 2.28. The Morgan fingerprint density at radius 1 is 1.56 bits per heavy atom. The summed E-state index contributed by atoms with van der Waals surface area (Å²) in [7, 11) is 4.25. The zero-order valence-electron chi connectivity index (χ0n) is 11.9. The molecule has 1 fully saturated rings. The second-order valence-electron chi connectivity index (χ2n) is 5.21. The first kappa shape index (κ1) is 15.4. The zero-order chi connectivity index (χ0) is 13.5. The summed E-state index contributed by atoms with van der Waals surface area (Å²) in [6.45, 7) is 5.27. The Bertz CT molecular complexity index is 259. The van der Waals surface area contributed by atoms with Gasteiger partial charge in [-0.15, -0.1) is 0 Å². The van der Waals surface area contributed by atoms with Crippen molar-refractivity contribution in [1.82, 2.24) is 9.80 Å². The average Bonchev–Trinajstić information content (AvgIpc) is 2.36. The fraction of sp³-hybridized carbons (Fsp3) is 0.923. The summed E-state index contributed by atoms with van der Waals surface area (Å²) in [5, 5.41) is 0. The van der Waals surface area contributed by atoms with E-state index in [0.29, 0.717) is 19.1 Å². The summed E-state index contributed by atoms with van der Waals surface area (Å²) in [5.41, 5.74) is 5.80.